The van der Waals surface area contributed by atoms with Gasteiger partial charge >= 0.3 is 6.18 Å². The Morgan fingerprint density at radius 3 is 2.55 bits per heavy atom. The summed E-state index contributed by atoms with van der Waals surface area (Å²) in [7, 11) is 1.62. The van der Waals surface area contributed by atoms with Crippen molar-refractivity contribution < 1.29 is 27.4 Å². The SMILES string of the molecule is COc1ccc(N2CCN(C(=O)Cc3nc(C(F)(F)F)n[nH]3)[C@@H](Cc3ccccc3)C2)cc1OC1CCC1. The van der Waals surface area contributed by atoms with E-state index in [1.807, 2.05) is 48.5 Å². The molecule has 1 saturated carbocycles. The number of piperazine rings is 1. The molecule has 1 amide bonds. The van der Waals surface area contributed by atoms with Crippen LogP contribution in [-0.4, -0.2) is 64.9 Å². The van der Waals surface area contributed by atoms with Gasteiger partial charge in [0.05, 0.1) is 25.7 Å². The van der Waals surface area contributed by atoms with Crippen molar-refractivity contribution in [3.05, 3.63) is 65.7 Å². The first-order valence-corrected chi connectivity index (χ1v) is 12.7. The van der Waals surface area contributed by atoms with E-state index in [1.165, 1.54) is 0 Å². The van der Waals surface area contributed by atoms with E-state index in [4.69, 9.17) is 9.47 Å². The average molecular weight is 530 g/mol. The maximum Gasteiger partial charge on any atom is 0.453 e. The Morgan fingerprint density at radius 2 is 1.89 bits per heavy atom. The number of rotatable bonds is 8. The Morgan fingerprint density at radius 1 is 1.11 bits per heavy atom. The van der Waals surface area contributed by atoms with Crippen LogP contribution in [0, 0.1) is 0 Å². The van der Waals surface area contributed by atoms with Gasteiger partial charge in [0, 0.05) is 31.4 Å². The van der Waals surface area contributed by atoms with Crippen LogP contribution in [0.2, 0.25) is 0 Å². The lowest BCUT2D eigenvalue weighted by atomic mass is 9.96. The molecule has 2 aromatic carbocycles. The second kappa shape index (κ2) is 10.9. The van der Waals surface area contributed by atoms with E-state index in [1.54, 1.807) is 12.0 Å². The molecule has 0 unspecified atom stereocenters. The summed E-state index contributed by atoms with van der Waals surface area (Å²) >= 11 is 0. The third kappa shape index (κ3) is 5.87. The van der Waals surface area contributed by atoms with Gasteiger partial charge < -0.3 is 19.3 Å². The molecule has 8 nitrogen and oxygen atoms in total. The number of nitrogens with zero attached hydrogens (tertiary/aromatic N) is 4. The van der Waals surface area contributed by atoms with Gasteiger partial charge in [0.25, 0.3) is 5.82 Å². The van der Waals surface area contributed by atoms with Gasteiger partial charge in [-0.2, -0.15) is 13.2 Å². The summed E-state index contributed by atoms with van der Waals surface area (Å²) in [5, 5.41) is 5.47. The van der Waals surface area contributed by atoms with Crippen LogP contribution in [-0.2, 0) is 23.8 Å². The fraction of sp³-hybridized carbons (Fsp3) is 0.444. The molecule has 1 aliphatic carbocycles. The van der Waals surface area contributed by atoms with Crippen LogP contribution in [0.4, 0.5) is 18.9 Å². The third-order valence-electron chi connectivity index (χ3n) is 7.08. The van der Waals surface area contributed by atoms with Gasteiger partial charge in [0.15, 0.2) is 11.5 Å². The first-order chi connectivity index (χ1) is 18.3. The molecule has 5 rings (SSSR count). The number of hydrogen-bond acceptors (Lipinski definition) is 6. The molecule has 2 heterocycles. The highest BCUT2D eigenvalue weighted by molar-refractivity contribution is 5.79. The largest absolute Gasteiger partial charge is 0.493 e. The van der Waals surface area contributed by atoms with Gasteiger partial charge in [-0.1, -0.05) is 30.3 Å². The zero-order valence-electron chi connectivity index (χ0n) is 21.1. The van der Waals surface area contributed by atoms with Crippen molar-refractivity contribution in [2.75, 3.05) is 31.6 Å². The summed E-state index contributed by atoms with van der Waals surface area (Å²) in [6.45, 7) is 1.54. The van der Waals surface area contributed by atoms with E-state index in [-0.39, 0.29) is 30.3 Å². The molecule has 1 N–H and O–H groups in total. The molecule has 0 radical (unpaired) electrons. The first-order valence-electron chi connectivity index (χ1n) is 12.7. The van der Waals surface area contributed by atoms with E-state index in [0.29, 0.717) is 37.6 Å². The predicted molar refractivity (Wildman–Crippen MR) is 134 cm³/mol. The summed E-state index contributed by atoms with van der Waals surface area (Å²) in [4.78, 5) is 20.7. The molecule has 11 heteroatoms. The average Bonchev–Trinajstić information content (AvgIpc) is 3.36. The number of hydrogen-bond donors (Lipinski definition) is 1. The Labute approximate surface area is 218 Å². The van der Waals surface area contributed by atoms with E-state index >= 15 is 0 Å². The van der Waals surface area contributed by atoms with Crippen LogP contribution in [0.1, 0.15) is 36.5 Å². The summed E-state index contributed by atoms with van der Waals surface area (Å²) < 4.78 is 50.4. The van der Waals surface area contributed by atoms with Crippen molar-refractivity contribution in [2.45, 2.75) is 50.4 Å². The molecule has 1 aliphatic heterocycles. The summed E-state index contributed by atoms with van der Waals surface area (Å²) in [6, 6.07) is 15.5. The number of carbonyl (C=O) groups excluding carboxylic acids is 1. The quantitative estimate of drug-likeness (QED) is 0.470. The smallest absolute Gasteiger partial charge is 0.453 e. The highest BCUT2D eigenvalue weighted by Crippen LogP contribution is 2.36. The Balaban J connectivity index is 1.34. The highest BCUT2D eigenvalue weighted by Gasteiger charge is 2.37. The molecule has 1 aromatic heterocycles. The maximum absolute atomic E-state index is 13.3. The number of nitrogens with one attached hydrogen (secondary N) is 1. The summed E-state index contributed by atoms with van der Waals surface area (Å²) in [6.07, 6.45) is -0.917. The number of aromatic nitrogens is 3. The van der Waals surface area contributed by atoms with E-state index in [0.717, 1.165) is 30.5 Å². The van der Waals surface area contributed by atoms with Gasteiger partial charge in [0.1, 0.15) is 5.82 Å². The van der Waals surface area contributed by atoms with E-state index < -0.39 is 12.0 Å². The summed E-state index contributed by atoms with van der Waals surface area (Å²) in [5.41, 5.74) is 2.04. The monoisotopic (exact) mass is 529 g/mol. The second-order valence-corrected chi connectivity index (χ2v) is 9.66. The van der Waals surface area contributed by atoms with Crippen molar-refractivity contribution in [1.29, 1.82) is 0 Å². The van der Waals surface area contributed by atoms with Crippen molar-refractivity contribution in [1.82, 2.24) is 20.1 Å². The zero-order valence-corrected chi connectivity index (χ0v) is 21.1. The number of alkyl halides is 3. The molecular formula is C27H30F3N5O3. The molecule has 1 atom stereocenters. The Kier molecular flexibility index (Phi) is 7.44. The summed E-state index contributed by atoms with van der Waals surface area (Å²) in [5.74, 6) is -0.278. The first kappa shape index (κ1) is 25.9. The minimum atomic E-state index is -4.67. The van der Waals surface area contributed by atoms with Crippen molar-refractivity contribution in [3.63, 3.8) is 0 Å². The molecule has 0 bridgehead atoms. The number of benzene rings is 2. The van der Waals surface area contributed by atoms with E-state index in [9.17, 15) is 18.0 Å². The lowest BCUT2D eigenvalue weighted by Crippen LogP contribution is -2.56. The van der Waals surface area contributed by atoms with Gasteiger partial charge in [-0.3, -0.25) is 9.89 Å². The minimum Gasteiger partial charge on any atom is -0.493 e. The van der Waals surface area contributed by atoms with Gasteiger partial charge in [-0.05, 0) is 43.4 Å². The maximum atomic E-state index is 13.3. The molecule has 0 spiro atoms. The molecule has 2 fully saturated rings. The van der Waals surface area contributed by atoms with Gasteiger partial charge in [0.2, 0.25) is 5.91 Å². The number of H-pyrrole nitrogens is 1. The minimum absolute atomic E-state index is 0.101. The number of carbonyl (C=O) groups is 1. The molecular weight excluding hydrogens is 499 g/mol. The molecule has 38 heavy (non-hydrogen) atoms. The van der Waals surface area contributed by atoms with E-state index in [2.05, 4.69) is 20.1 Å². The Bertz CT molecular complexity index is 1250. The highest BCUT2D eigenvalue weighted by atomic mass is 19.4. The van der Waals surface area contributed by atoms with Crippen LogP contribution in [0.15, 0.2) is 48.5 Å². The lowest BCUT2D eigenvalue weighted by molar-refractivity contribution is -0.145. The van der Waals surface area contributed by atoms with Gasteiger partial charge in [-0.15, -0.1) is 5.10 Å². The third-order valence-corrected chi connectivity index (χ3v) is 7.08. The number of anilines is 1. The van der Waals surface area contributed by atoms with Gasteiger partial charge in [-0.25, -0.2) is 4.98 Å². The predicted octanol–water partition coefficient (Wildman–Crippen LogP) is 4.27. The second-order valence-electron chi connectivity index (χ2n) is 9.66. The van der Waals surface area contributed by atoms with Crippen molar-refractivity contribution in [2.24, 2.45) is 0 Å². The van der Waals surface area contributed by atoms with Crippen molar-refractivity contribution >= 4 is 11.6 Å². The molecule has 3 aromatic rings. The number of methoxy groups -OCH3 is 1. The van der Waals surface area contributed by atoms with Crippen LogP contribution >= 0.6 is 0 Å². The molecule has 2 aliphatic rings. The number of amides is 1. The number of ether oxygens (including phenoxy) is 2. The standard InChI is InChI=1S/C27H30F3N5O3/c1-37-22-11-10-19(15-23(22)38-21-8-5-9-21)34-12-13-35(20(17-34)14-18-6-3-2-4-7-18)25(36)16-24-31-26(33-32-24)27(28,29)30/h2-4,6-7,10-11,15,20-21H,5,8-9,12-14,16-17H2,1H3,(H,31,32,33)/t20-/m0/s1. The topological polar surface area (TPSA) is 83.6 Å². The molecule has 1 saturated heterocycles. The van der Waals surface area contributed by atoms with Crippen LogP contribution in [0.3, 0.4) is 0 Å². The Hall–Kier alpha value is -3.76. The van der Waals surface area contributed by atoms with Crippen LogP contribution < -0.4 is 14.4 Å². The molecule has 202 valence electrons. The normalized spacial score (nSPS) is 18.3. The number of aromatic amines is 1. The zero-order chi connectivity index (χ0) is 26.7. The fourth-order valence-electron chi connectivity index (χ4n) is 4.85. The lowest BCUT2D eigenvalue weighted by Gasteiger charge is -2.43. The van der Waals surface area contributed by atoms with Crippen LogP contribution in [0.5, 0.6) is 11.5 Å². The fourth-order valence-corrected chi connectivity index (χ4v) is 4.85. The van der Waals surface area contributed by atoms with Crippen molar-refractivity contribution in [3.8, 4) is 11.5 Å². The number of halogens is 3. The van der Waals surface area contributed by atoms with Crippen LogP contribution in [0.25, 0.3) is 0 Å².